The number of rotatable bonds is 6. The van der Waals surface area contributed by atoms with Crippen molar-refractivity contribution in [1.82, 2.24) is 0 Å². The third-order valence-electron chi connectivity index (χ3n) is 3.89. The molecular weight excluding hydrogens is 328 g/mol. The molecule has 0 aliphatic heterocycles. The Labute approximate surface area is 145 Å². The number of aromatic hydroxyl groups is 2. The number of nitrogen functional groups attached to an aromatic ring is 2. The number of phenolic OH excluding ortho intramolecular Hbond substituents is 2. The highest BCUT2D eigenvalue weighted by atomic mass is 16.5. The summed E-state index contributed by atoms with van der Waals surface area (Å²) < 4.78 is 20.9. The molecule has 2 aromatic carbocycles. The zero-order chi connectivity index (χ0) is 18.7. The molecule has 2 aromatic rings. The van der Waals surface area contributed by atoms with Gasteiger partial charge in [0.25, 0.3) is 0 Å². The van der Waals surface area contributed by atoms with Crippen LogP contribution in [0.1, 0.15) is 11.1 Å². The fourth-order valence-electron chi connectivity index (χ4n) is 2.67. The first-order valence-electron chi connectivity index (χ1n) is 7.34. The number of nitrogens with two attached hydrogens (primary N) is 2. The average molecular weight is 350 g/mol. The lowest BCUT2D eigenvalue weighted by Crippen LogP contribution is -2.04. The van der Waals surface area contributed by atoms with Crippen molar-refractivity contribution in [3.8, 4) is 34.5 Å². The van der Waals surface area contributed by atoms with E-state index in [2.05, 4.69) is 0 Å². The van der Waals surface area contributed by atoms with Crippen LogP contribution in [0.15, 0.2) is 12.1 Å². The van der Waals surface area contributed by atoms with Crippen LogP contribution >= 0.6 is 0 Å². The van der Waals surface area contributed by atoms with Crippen LogP contribution in [0.25, 0.3) is 0 Å². The zero-order valence-electron chi connectivity index (χ0n) is 14.5. The highest BCUT2D eigenvalue weighted by Gasteiger charge is 2.21. The predicted molar refractivity (Wildman–Crippen MR) is 94.1 cm³/mol. The van der Waals surface area contributed by atoms with E-state index in [-0.39, 0.29) is 40.8 Å². The molecule has 2 rings (SSSR count). The van der Waals surface area contributed by atoms with Gasteiger partial charge >= 0.3 is 0 Å². The van der Waals surface area contributed by atoms with E-state index in [4.69, 9.17) is 30.4 Å². The van der Waals surface area contributed by atoms with E-state index in [1.54, 1.807) is 12.1 Å². The van der Waals surface area contributed by atoms with Crippen LogP contribution in [0, 0.1) is 0 Å². The van der Waals surface area contributed by atoms with Crippen molar-refractivity contribution in [2.75, 3.05) is 39.9 Å². The summed E-state index contributed by atoms with van der Waals surface area (Å²) in [6, 6.07) is 3.22. The Kier molecular flexibility index (Phi) is 5.21. The van der Waals surface area contributed by atoms with Gasteiger partial charge < -0.3 is 40.6 Å². The molecule has 6 N–H and O–H groups in total. The van der Waals surface area contributed by atoms with Gasteiger partial charge in [-0.05, 0) is 12.1 Å². The normalized spacial score (nSPS) is 10.4. The molecule has 0 aliphatic rings. The van der Waals surface area contributed by atoms with Gasteiger partial charge in [0.2, 0.25) is 0 Å². The monoisotopic (exact) mass is 350 g/mol. The number of phenols is 2. The standard InChI is InChI=1S/C17H22N2O6/c1-22-10-6-8(16(24-3)12(18)14(10)20)5-9-7-11(23-2)15(21)13(19)17(9)25-4/h6-7,20-21H,5,18-19H2,1-4H3. The fourth-order valence-corrected chi connectivity index (χ4v) is 2.67. The first-order valence-corrected chi connectivity index (χ1v) is 7.34. The maximum atomic E-state index is 10.0. The molecule has 0 unspecified atom stereocenters. The van der Waals surface area contributed by atoms with Crippen molar-refractivity contribution in [2.45, 2.75) is 6.42 Å². The van der Waals surface area contributed by atoms with Gasteiger partial charge in [-0.2, -0.15) is 0 Å². The molecule has 0 radical (unpaired) electrons. The van der Waals surface area contributed by atoms with Crippen LogP contribution in [0.4, 0.5) is 11.4 Å². The lowest BCUT2D eigenvalue weighted by molar-refractivity contribution is 0.364. The Hall–Kier alpha value is -3.16. The molecule has 0 atom stereocenters. The third kappa shape index (κ3) is 3.10. The SMILES string of the molecule is COc1cc(Cc2cc(OC)c(O)c(N)c2OC)c(OC)c(N)c1O. The summed E-state index contributed by atoms with van der Waals surface area (Å²) >= 11 is 0. The molecule has 0 saturated heterocycles. The Morgan fingerprint density at radius 3 is 1.36 bits per heavy atom. The molecule has 0 bridgehead atoms. The average Bonchev–Trinajstić information content (AvgIpc) is 2.61. The van der Waals surface area contributed by atoms with Gasteiger partial charge in [-0.15, -0.1) is 0 Å². The number of methoxy groups -OCH3 is 4. The molecule has 0 aromatic heterocycles. The Bertz CT molecular complexity index is 726. The number of hydrogen-bond acceptors (Lipinski definition) is 8. The quantitative estimate of drug-likeness (QED) is 0.459. The van der Waals surface area contributed by atoms with Gasteiger partial charge in [-0.25, -0.2) is 0 Å². The highest BCUT2D eigenvalue weighted by molar-refractivity contribution is 5.74. The summed E-state index contributed by atoms with van der Waals surface area (Å²) in [5.41, 5.74) is 13.3. The van der Waals surface area contributed by atoms with Crippen LogP contribution in [-0.2, 0) is 6.42 Å². The van der Waals surface area contributed by atoms with E-state index in [1.807, 2.05) is 0 Å². The minimum absolute atomic E-state index is 0.0644. The Balaban J connectivity index is 2.64. The van der Waals surface area contributed by atoms with E-state index in [0.717, 1.165) is 0 Å². The van der Waals surface area contributed by atoms with Crippen molar-refractivity contribution < 1.29 is 29.2 Å². The summed E-state index contributed by atoms with van der Waals surface area (Å²) in [4.78, 5) is 0. The Morgan fingerprint density at radius 2 is 1.08 bits per heavy atom. The molecule has 136 valence electrons. The summed E-state index contributed by atoms with van der Waals surface area (Å²) in [7, 11) is 5.74. The number of benzene rings is 2. The molecule has 0 amide bonds. The molecular formula is C17H22N2O6. The van der Waals surface area contributed by atoms with Crippen LogP contribution in [0.3, 0.4) is 0 Å². The Morgan fingerprint density at radius 1 is 0.720 bits per heavy atom. The minimum atomic E-state index is -0.196. The van der Waals surface area contributed by atoms with Crippen LogP contribution in [0.5, 0.6) is 34.5 Å². The van der Waals surface area contributed by atoms with Crippen LogP contribution in [0.2, 0.25) is 0 Å². The predicted octanol–water partition coefficient (Wildman–Crippen LogP) is 1.89. The van der Waals surface area contributed by atoms with Crippen molar-refractivity contribution in [3.63, 3.8) is 0 Å². The van der Waals surface area contributed by atoms with E-state index in [0.29, 0.717) is 22.6 Å². The molecule has 0 saturated carbocycles. The second-order valence-electron chi connectivity index (χ2n) is 5.24. The zero-order valence-corrected chi connectivity index (χ0v) is 14.5. The van der Waals surface area contributed by atoms with Gasteiger partial charge in [0.05, 0.1) is 28.4 Å². The second kappa shape index (κ2) is 7.16. The topological polar surface area (TPSA) is 129 Å². The molecule has 0 aliphatic carbocycles. The second-order valence-corrected chi connectivity index (χ2v) is 5.24. The molecule has 0 heterocycles. The maximum absolute atomic E-state index is 10.0. The van der Waals surface area contributed by atoms with E-state index >= 15 is 0 Å². The molecule has 0 fully saturated rings. The fraction of sp³-hybridized carbons (Fsp3) is 0.294. The van der Waals surface area contributed by atoms with Crippen molar-refractivity contribution in [3.05, 3.63) is 23.3 Å². The largest absolute Gasteiger partial charge is 0.503 e. The smallest absolute Gasteiger partial charge is 0.185 e. The number of anilines is 2. The lowest BCUT2D eigenvalue weighted by atomic mass is 10.00. The van der Waals surface area contributed by atoms with Crippen LogP contribution < -0.4 is 30.4 Å². The molecule has 0 spiro atoms. The third-order valence-corrected chi connectivity index (χ3v) is 3.89. The van der Waals surface area contributed by atoms with Gasteiger partial charge in [0, 0.05) is 17.5 Å². The van der Waals surface area contributed by atoms with Gasteiger partial charge in [0.15, 0.2) is 23.0 Å². The van der Waals surface area contributed by atoms with Gasteiger partial charge in [-0.3, -0.25) is 0 Å². The maximum Gasteiger partial charge on any atom is 0.185 e. The van der Waals surface area contributed by atoms with Crippen molar-refractivity contribution >= 4 is 11.4 Å². The van der Waals surface area contributed by atoms with E-state index in [1.165, 1.54) is 28.4 Å². The first kappa shape index (κ1) is 18.2. The number of ether oxygens (including phenoxy) is 4. The minimum Gasteiger partial charge on any atom is -0.503 e. The lowest BCUT2D eigenvalue weighted by Gasteiger charge is -2.18. The van der Waals surface area contributed by atoms with Crippen molar-refractivity contribution in [1.29, 1.82) is 0 Å². The summed E-state index contributed by atoms with van der Waals surface area (Å²) in [6.45, 7) is 0. The molecule has 8 nitrogen and oxygen atoms in total. The number of hydrogen-bond donors (Lipinski definition) is 4. The van der Waals surface area contributed by atoms with E-state index in [9.17, 15) is 10.2 Å². The first-order chi connectivity index (χ1) is 11.9. The van der Waals surface area contributed by atoms with Gasteiger partial charge in [-0.1, -0.05) is 0 Å². The van der Waals surface area contributed by atoms with Crippen LogP contribution in [-0.4, -0.2) is 38.7 Å². The molecule has 25 heavy (non-hydrogen) atoms. The summed E-state index contributed by atoms with van der Waals surface area (Å²) in [5, 5.41) is 20.1. The summed E-state index contributed by atoms with van der Waals surface area (Å²) in [6.07, 6.45) is 0.286. The van der Waals surface area contributed by atoms with Gasteiger partial charge in [0.1, 0.15) is 22.9 Å². The molecule has 8 heteroatoms. The summed E-state index contributed by atoms with van der Waals surface area (Å²) in [5.74, 6) is 0.657. The van der Waals surface area contributed by atoms with E-state index < -0.39 is 0 Å². The highest BCUT2D eigenvalue weighted by Crippen LogP contribution is 2.46. The van der Waals surface area contributed by atoms with Crippen molar-refractivity contribution in [2.24, 2.45) is 0 Å².